The molecule has 2 N–H and O–H groups in total. The van der Waals surface area contributed by atoms with Crippen LogP contribution in [0.2, 0.25) is 0 Å². The van der Waals surface area contributed by atoms with E-state index in [1.165, 1.54) is 0 Å². The van der Waals surface area contributed by atoms with E-state index in [-0.39, 0.29) is 44.4 Å². The molecule has 1 aliphatic heterocycles. The van der Waals surface area contributed by atoms with Crippen LogP contribution in [-0.4, -0.2) is 70.7 Å². The number of benzene rings is 6. The summed E-state index contributed by atoms with van der Waals surface area (Å²) in [6, 6.07) is 39.3. The smallest absolute Gasteiger partial charge is 0.338 e. The summed E-state index contributed by atoms with van der Waals surface area (Å²) in [5, 5.41) is 32.4. The standard InChI is InChI=1S/C56H52O10/c1-53-23-20-46-47(56(53,62)25-22-45(53)43-29-49(57)63-32-43)21-24-54(61)31-44(65-51(59)41-18-15-35-9-3-6-12-38(35)27-41)30-48(66-52(60)42-19-16-36-10-4-7-13-39(36)28-42)55(46,54)33-64-50(58)40-17-14-34-8-2-5-11-37(34)26-40/h2-19,26-29,44-48,61-62H,20-25,30-33H2,1H3/t44?,45-,46+,47-,48-,53-,54+,55+,56+/m1/s1. The molecule has 6 aromatic carbocycles. The van der Waals surface area contributed by atoms with Gasteiger partial charge in [0.05, 0.1) is 33.3 Å². The average Bonchev–Trinajstić information content (AvgIpc) is 3.88. The molecule has 4 aliphatic carbocycles. The third-order valence-electron chi connectivity index (χ3n) is 16.7. The fourth-order valence-electron chi connectivity index (χ4n) is 13.4. The summed E-state index contributed by atoms with van der Waals surface area (Å²) in [6.45, 7) is 1.99. The molecule has 0 aromatic heterocycles. The monoisotopic (exact) mass is 884 g/mol. The lowest BCUT2D eigenvalue weighted by atomic mass is 9.40. The van der Waals surface area contributed by atoms with Crippen LogP contribution < -0.4 is 0 Å². The molecule has 336 valence electrons. The van der Waals surface area contributed by atoms with Crippen LogP contribution >= 0.6 is 0 Å². The maximum atomic E-state index is 14.7. The van der Waals surface area contributed by atoms with Gasteiger partial charge in [-0.25, -0.2) is 19.2 Å². The highest BCUT2D eigenvalue weighted by molar-refractivity contribution is 5.97. The summed E-state index contributed by atoms with van der Waals surface area (Å²) in [6.07, 6.45) is 2.30. The van der Waals surface area contributed by atoms with E-state index in [9.17, 15) is 29.4 Å². The van der Waals surface area contributed by atoms with Crippen LogP contribution in [0.4, 0.5) is 0 Å². The van der Waals surface area contributed by atoms with Crippen LogP contribution in [0.5, 0.6) is 0 Å². The van der Waals surface area contributed by atoms with E-state index >= 15 is 0 Å². The van der Waals surface area contributed by atoms with E-state index in [0.717, 1.165) is 37.9 Å². The lowest BCUT2D eigenvalue weighted by Gasteiger charge is -2.67. The number of esters is 4. The molecule has 9 atom stereocenters. The van der Waals surface area contributed by atoms with E-state index in [1.54, 1.807) is 42.5 Å². The van der Waals surface area contributed by atoms with Gasteiger partial charge in [-0.05, 0) is 131 Å². The molecule has 5 aliphatic rings. The Kier molecular flexibility index (Phi) is 10.2. The quantitative estimate of drug-likeness (QED) is 0.112. The van der Waals surface area contributed by atoms with Crippen molar-refractivity contribution in [2.45, 2.75) is 81.7 Å². The second-order valence-corrected chi connectivity index (χ2v) is 19.7. The minimum atomic E-state index is -1.69. The number of carbonyl (C=O) groups excluding carboxylic acids is 4. The van der Waals surface area contributed by atoms with Gasteiger partial charge in [0, 0.05) is 24.3 Å². The molecule has 0 radical (unpaired) electrons. The molecule has 0 amide bonds. The van der Waals surface area contributed by atoms with Gasteiger partial charge in [0.15, 0.2) is 0 Å². The van der Waals surface area contributed by atoms with Gasteiger partial charge in [0.2, 0.25) is 0 Å². The number of hydrogen-bond donors (Lipinski definition) is 2. The van der Waals surface area contributed by atoms with E-state index in [1.807, 2.05) is 91.0 Å². The van der Waals surface area contributed by atoms with E-state index in [0.29, 0.717) is 48.8 Å². The topological polar surface area (TPSA) is 146 Å². The predicted molar refractivity (Wildman–Crippen MR) is 247 cm³/mol. The number of carbonyl (C=O) groups is 4. The van der Waals surface area contributed by atoms with Gasteiger partial charge >= 0.3 is 23.9 Å². The predicted octanol–water partition coefficient (Wildman–Crippen LogP) is 9.72. The molecular weight excluding hydrogens is 833 g/mol. The molecule has 6 aromatic rings. The minimum Gasteiger partial charge on any atom is -0.461 e. The Morgan fingerprint density at radius 3 is 1.73 bits per heavy atom. The zero-order valence-corrected chi connectivity index (χ0v) is 36.8. The summed E-state index contributed by atoms with van der Waals surface area (Å²) < 4.78 is 24.9. The Balaban J connectivity index is 1.00. The summed E-state index contributed by atoms with van der Waals surface area (Å²) in [5.41, 5.74) is -3.12. The van der Waals surface area contributed by atoms with Crippen molar-refractivity contribution in [3.63, 3.8) is 0 Å². The molecule has 0 spiro atoms. The van der Waals surface area contributed by atoms with Crippen molar-refractivity contribution in [1.29, 1.82) is 0 Å². The normalized spacial score (nSPS) is 31.3. The van der Waals surface area contributed by atoms with Gasteiger partial charge in [-0.1, -0.05) is 97.9 Å². The molecule has 10 nitrogen and oxygen atoms in total. The van der Waals surface area contributed by atoms with Crippen LogP contribution in [0, 0.1) is 28.6 Å². The zero-order valence-electron chi connectivity index (χ0n) is 36.8. The second kappa shape index (κ2) is 15.9. The lowest BCUT2D eigenvalue weighted by Crippen LogP contribution is -2.74. The maximum absolute atomic E-state index is 14.7. The molecule has 11 rings (SSSR count). The number of aliphatic hydroxyl groups is 2. The van der Waals surface area contributed by atoms with Crippen LogP contribution in [-0.2, 0) is 23.7 Å². The van der Waals surface area contributed by atoms with Crippen LogP contribution in [0.3, 0.4) is 0 Å². The van der Waals surface area contributed by atoms with E-state index in [4.69, 9.17) is 18.9 Å². The molecule has 1 heterocycles. The summed E-state index contributed by atoms with van der Waals surface area (Å²) in [7, 11) is 0. The highest BCUT2D eigenvalue weighted by atomic mass is 16.6. The SMILES string of the molecule is C[C@]12CC[C@H]3[C@@H](CC[C@]4(O)CC(OC(=O)c5ccc6ccccc6c5)C[C@@H](OC(=O)c5ccc6ccccc6c5)[C@]34COC(=O)c3ccc4ccccc4c3)[C@@]1(O)CC[C@@H]2C1=CC(=O)OC1. The first-order chi connectivity index (χ1) is 31.9. The maximum Gasteiger partial charge on any atom is 0.338 e. The van der Waals surface area contributed by atoms with Gasteiger partial charge in [0.25, 0.3) is 0 Å². The van der Waals surface area contributed by atoms with Crippen molar-refractivity contribution in [2.24, 2.45) is 28.6 Å². The molecule has 66 heavy (non-hydrogen) atoms. The Morgan fingerprint density at radius 1 is 0.636 bits per heavy atom. The van der Waals surface area contributed by atoms with Crippen molar-refractivity contribution in [3.8, 4) is 0 Å². The molecule has 0 bridgehead atoms. The lowest BCUT2D eigenvalue weighted by molar-refractivity contribution is -0.296. The summed E-state index contributed by atoms with van der Waals surface area (Å²) in [5.74, 6) is -3.16. The third-order valence-corrected chi connectivity index (χ3v) is 16.7. The second-order valence-electron chi connectivity index (χ2n) is 19.7. The number of ether oxygens (including phenoxy) is 4. The summed E-state index contributed by atoms with van der Waals surface area (Å²) >= 11 is 0. The third kappa shape index (κ3) is 6.74. The van der Waals surface area contributed by atoms with Crippen molar-refractivity contribution >= 4 is 56.2 Å². The van der Waals surface area contributed by atoms with Crippen LogP contribution in [0.1, 0.15) is 89.4 Å². The molecule has 4 fully saturated rings. The van der Waals surface area contributed by atoms with Crippen molar-refractivity contribution in [1.82, 2.24) is 0 Å². The minimum absolute atomic E-state index is 0.00223. The Morgan fingerprint density at radius 2 is 1.17 bits per heavy atom. The number of cyclic esters (lactones) is 1. The zero-order chi connectivity index (χ0) is 45.4. The van der Waals surface area contributed by atoms with Crippen LogP contribution in [0.25, 0.3) is 32.3 Å². The van der Waals surface area contributed by atoms with Gasteiger partial charge in [-0.3, -0.25) is 0 Å². The number of fused-ring (bicyclic) bond motifs is 8. The Hall–Kier alpha value is -6.36. The molecule has 1 unspecified atom stereocenters. The fraction of sp³-hybridized carbons (Fsp3) is 0.357. The fourth-order valence-corrected chi connectivity index (χ4v) is 13.4. The molecule has 10 heteroatoms. The first-order valence-corrected chi connectivity index (χ1v) is 23.2. The molecule has 4 saturated carbocycles. The van der Waals surface area contributed by atoms with Crippen molar-refractivity contribution in [2.75, 3.05) is 13.2 Å². The van der Waals surface area contributed by atoms with Gasteiger partial charge in [0.1, 0.15) is 25.4 Å². The van der Waals surface area contributed by atoms with Gasteiger partial charge in [-0.2, -0.15) is 0 Å². The van der Waals surface area contributed by atoms with Crippen LogP contribution in [0.15, 0.2) is 139 Å². The van der Waals surface area contributed by atoms with Crippen molar-refractivity contribution < 1.29 is 48.3 Å². The largest absolute Gasteiger partial charge is 0.461 e. The van der Waals surface area contributed by atoms with Gasteiger partial charge in [-0.15, -0.1) is 0 Å². The van der Waals surface area contributed by atoms with E-state index in [2.05, 4.69) is 6.92 Å². The van der Waals surface area contributed by atoms with Gasteiger partial charge < -0.3 is 29.2 Å². The summed E-state index contributed by atoms with van der Waals surface area (Å²) in [4.78, 5) is 55.4. The first kappa shape index (κ1) is 42.3. The first-order valence-electron chi connectivity index (χ1n) is 23.2. The average molecular weight is 885 g/mol. The molecule has 0 saturated heterocycles. The number of hydrogen-bond acceptors (Lipinski definition) is 10. The van der Waals surface area contributed by atoms with E-state index < -0.39 is 64.0 Å². The highest BCUT2D eigenvalue weighted by Crippen LogP contribution is 2.71. The Bertz CT molecular complexity index is 2990. The van der Waals surface area contributed by atoms with Crippen molar-refractivity contribution in [3.05, 3.63) is 156 Å². The molecular formula is C56H52O10. The highest BCUT2D eigenvalue weighted by Gasteiger charge is 2.74. The number of rotatable bonds is 8. The Labute approximate surface area is 382 Å².